The number of hydrogen-bond donors (Lipinski definition) is 1. The Morgan fingerprint density at radius 3 is 2.33 bits per heavy atom. The standard InChI is InChI=1S/C13H23NO/c1-9(2)8-14-10(3)6-13(12(14)5)7-11(4)15/h6,9,11,15H,7-8H2,1-5H3. The van der Waals surface area contributed by atoms with Crippen LogP contribution in [0.15, 0.2) is 6.07 Å². The number of aryl methyl sites for hydroxylation is 1. The van der Waals surface area contributed by atoms with Crippen LogP contribution < -0.4 is 0 Å². The van der Waals surface area contributed by atoms with Crippen LogP contribution in [0.25, 0.3) is 0 Å². The van der Waals surface area contributed by atoms with Crippen LogP contribution in [0.3, 0.4) is 0 Å². The molecule has 1 rings (SSSR count). The van der Waals surface area contributed by atoms with Gasteiger partial charge in [-0.1, -0.05) is 13.8 Å². The van der Waals surface area contributed by atoms with Gasteiger partial charge in [0.25, 0.3) is 0 Å². The second kappa shape index (κ2) is 4.84. The lowest BCUT2D eigenvalue weighted by molar-refractivity contribution is 0.195. The van der Waals surface area contributed by atoms with Gasteiger partial charge >= 0.3 is 0 Å². The quantitative estimate of drug-likeness (QED) is 0.810. The molecule has 0 saturated heterocycles. The van der Waals surface area contributed by atoms with Gasteiger partial charge in [-0.05, 0) is 44.7 Å². The molecule has 1 unspecified atom stereocenters. The maximum Gasteiger partial charge on any atom is 0.0553 e. The SMILES string of the molecule is Cc1cc(CC(C)O)c(C)n1CC(C)C. The first kappa shape index (κ1) is 12.3. The number of aromatic nitrogens is 1. The fraction of sp³-hybridized carbons (Fsp3) is 0.692. The van der Waals surface area contributed by atoms with E-state index in [4.69, 9.17) is 0 Å². The molecule has 15 heavy (non-hydrogen) atoms. The van der Waals surface area contributed by atoms with E-state index in [9.17, 15) is 5.11 Å². The molecule has 0 aromatic carbocycles. The van der Waals surface area contributed by atoms with Crippen molar-refractivity contribution in [3.63, 3.8) is 0 Å². The Morgan fingerprint density at radius 1 is 1.27 bits per heavy atom. The van der Waals surface area contributed by atoms with E-state index in [-0.39, 0.29) is 6.10 Å². The van der Waals surface area contributed by atoms with Gasteiger partial charge in [0.05, 0.1) is 6.10 Å². The topological polar surface area (TPSA) is 25.2 Å². The third-order valence-electron chi connectivity index (χ3n) is 2.74. The predicted molar refractivity (Wildman–Crippen MR) is 64.1 cm³/mol. The molecule has 0 aliphatic carbocycles. The van der Waals surface area contributed by atoms with Crippen molar-refractivity contribution in [2.45, 2.75) is 53.7 Å². The summed E-state index contributed by atoms with van der Waals surface area (Å²) in [5.74, 6) is 0.661. The van der Waals surface area contributed by atoms with Crippen LogP contribution in [0.4, 0.5) is 0 Å². The molecule has 2 heteroatoms. The maximum absolute atomic E-state index is 9.40. The minimum atomic E-state index is -0.252. The molecule has 0 spiro atoms. The summed E-state index contributed by atoms with van der Waals surface area (Å²) >= 11 is 0. The summed E-state index contributed by atoms with van der Waals surface area (Å²) in [7, 11) is 0. The van der Waals surface area contributed by atoms with E-state index in [1.54, 1.807) is 0 Å². The van der Waals surface area contributed by atoms with E-state index in [0.717, 1.165) is 13.0 Å². The van der Waals surface area contributed by atoms with Crippen LogP contribution in [-0.4, -0.2) is 15.8 Å². The second-order valence-corrected chi connectivity index (χ2v) is 4.95. The summed E-state index contributed by atoms with van der Waals surface area (Å²) in [6.07, 6.45) is 0.510. The summed E-state index contributed by atoms with van der Waals surface area (Å²) in [5.41, 5.74) is 3.89. The third kappa shape index (κ3) is 3.10. The third-order valence-corrected chi connectivity index (χ3v) is 2.74. The molecule has 1 aromatic heterocycles. The van der Waals surface area contributed by atoms with E-state index < -0.39 is 0 Å². The fourth-order valence-electron chi connectivity index (χ4n) is 2.04. The maximum atomic E-state index is 9.40. The minimum absolute atomic E-state index is 0.252. The van der Waals surface area contributed by atoms with Crippen LogP contribution in [0.5, 0.6) is 0 Å². The van der Waals surface area contributed by atoms with Crippen molar-refractivity contribution in [2.24, 2.45) is 5.92 Å². The van der Waals surface area contributed by atoms with Gasteiger partial charge in [-0.3, -0.25) is 0 Å². The normalized spacial score (nSPS) is 13.5. The molecule has 0 bridgehead atoms. The first-order chi connectivity index (χ1) is 6.91. The van der Waals surface area contributed by atoms with Crippen molar-refractivity contribution in [3.05, 3.63) is 23.0 Å². The van der Waals surface area contributed by atoms with Crippen molar-refractivity contribution in [1.82, 2.24) is 4.57 Å². The average Bonchev–Trinajstić information content (AvgIpc) is 2.31. The molecule has 1 heterocycles. The lowest BCUT2D eigenvalue weighted by Gasteiger charge is -2.12. The van der Waals surface area contributed by atoms with Crippen LogP contribution in [0.1, 0.15) is 37.7 Å². The highest BCUT2D eigenvalue weighted by atomic mass is 16.3. The average molecular weight is 209 g/mol. The van der Waals surface area contributed by atoms with Crippen LogP contribution in [0, 0.1) is 19.8 Å². The van der Waals surface area contributed by atoms with Gasteiger partial charge in [0.1, 0.15) is 0 Å². The molecule has 0 saturated carbocycles. The Hall–Kier alpha value is -0.760. The molecule has 86 valence electrons. The number of rotatable bonds is 4. The zero-order valence-corrected chi connectivity index (χ0v) is 10.5. The zero-order valence-electron chi connectivity index (χ0n) is 10.5. The van der Waals surface area contributed by atoms with E-state index in [0.29, 0.717) is 5.92 Å². The smallest absolute Gasteiger partial charge is 0.0553 e. The molecular weight excluding hydrogens is 186 g/mol. The number of aliphatic hydroxyl groups excluding tert-OH is 1. The Kier molecular flexibility index (Phi) is 3.97. The lowest BCUT2D eigenvalue weighted by Crippen LogP contribution is -2.09. The van der Waals surface area contributed by atoms with E-state index in [2.05, 4.69) is 38.3 Å². The van der Waals surface area contributed by atoms with Crippen molar-refractivity contribution in [3.8, 4) is 0 Å². The van der Waals surface area contributed by atoms with Gasteiger partial charge in [0.2, 0.25) is 0 Å². The van der Waals surface area contributed by atoms with Crippen molar-refractivity contribution >= 4 is 0 Å². The summed E-state index contributed by atoms with van der Waals surface area (Å²) in [5, 5.41) is 9.40. The van der Waals surface area contributed by atoms with Gasteiger partial charge < -0.3 is 9.67 Å². The van der Waals surface area contributed by atoms with Crippen molar-refractivity contribution in [2.75, 3.05) is 0 Å². The highest BCUT2D eigenvalue weighted by Gasteiger charge is 2.11. The highest BCUT2D eigenvalue weighted by molar-refractivity contribution is 5.27. The lowest BCUT2D eigenvalue weighted by atomic mass is 10.1. The summed E-state index contributed by atoms with van der Waals surface area (Å²) in [4.78, 5) is 0. The Balaban J connectivity index is 2.93. The first-order valence-electron chi connectivity index (χ1n) is 5.75. The second-order valence-electron chi connectivity index (χ2n) is 4.95. The number of aliphatic hydroxyl groups is 1. The summed E-state index contributed by atoms with van der Waals surface area (Å²) in [6.45, 7) is 11.7. The zero-order chi connectivity index (χ0) is 11.6. The summed E-state index contributed by atoms with van der Waals surface area (Å²) in [6, 6.07) is 2.20. The van der Waals surface area contributed by atoms with E-state index >= 15 is 0 Å². The number of nitrogens with zero attached hydrogens (tertiary/aromatic N) is 1. The highest BCUT2D eigenvalue weighted by Crippen LogP contribution is 2.18. The fourth-order valence-corrected chi connectivity index (χ4v) is 2.04. The molecule has 1 aromatic rings. The predicted octanol–water partition coefficient (Wildman–Crippen LogP) is 2.68. The van der Waals surface area contributed by atoms with Gasteiger partial charge in [0, 0.05) is 17.9 Å². The Bertz CT molecular complexity index is 324. The molecule has 1 N–H and O–H groups in total. The van der Waals surface area contributed by atoms with E-state index in [1.807, 2.05) is 6.92 Å². The molecular formula is C13H23NO. The van der Waals surface area contributed by atoms with Gasteiger partial charge in [-0.25, -0.2) is 0 Å². The molecule has 1 atom stereocenters. The van der Waals surface area contributed by atoms with Crippen LogP contribution >= 0.6 is 0 Å². The molecule has 0 aliphatic rings. The Morgan fingerprint density at radius 2 is 1.87 bits per heavy atom. The minimum Gasteiger partial charge on any atom is -0.393 e. The van der Waals surface area contributed by atoms with Crippen LogP contribution in [0.2, 0.25) is 0 Å². The van der Waals surface area contributed by atoms with Gasteiger partial charge in [0.15, 0.2) is 0 Å². The van der Waals surface area contributed by atoms with Crippen LogP contribution in [-0.2, 0) is 13.0 Å². The molecule has 0 amide bonds. The molecule has 0 aliphatic heterocycles. The monoisotopic (exact) mass is 209 g/mol. The first-order valence-corrected chi connectivity index (χ1v) is 5.75. The number of hydrogen-bond acceptors (Lipinski definition) is 1. The van der Waals surface area contributed by atoms with Gasteiger partial charge in [-0.15, -0.1) is 0 Å². The van der Waals surface area contributed by atoms with Crippen molar-refractivity contribution in [1.29, 1.82) is 0 Å². The van der Waals surface area contributed by atoms with E-state index in [1.165, 1.54) is 17.0 Å². The summed E-state index contributed by atoms with van der Waals surface area (Å²) < 4.78 is 2.35. The van der Waals surface area contributed by atoms with Gasteiger partial charge in [-0.2, -0.15) is 0 Å². The molecule has 0 fully saturated rings. The Labute approximate surface area is 92.9 Å². The largest absolute Gasteiger partial charge is 0.393 e. The molecule has 2 nitrogen and oxygen atoms in total. The molecule has 0 radical (unpaired) electrons. The van der Waals surface area contributed by atoms with Crippen molar-refractivity contribution < 1.29 is 5.11 Å².